The number of hydrogen-bond acceptors (Lipinski definition) is 3. The quantitative estimate of drug-likeness (QED) is 0.489. The minimum absolute atomic E-state index is 0.0231. The average Bonchev–Trinajstić information content (AvgIpc) is 3.39. The molecule has 0 aliphatic carbocycles. The Morgan fingerprint density at radius 1 is 1.14 bits per heavy atom. The Morgan fingerprint density at radius 3 is 2.68 bits per heavy atom. The highest BCUT2D eigenvalue weighted by Gasteiger charge is 2.23. The number of rotatable bonds is 2. The monoisotopic (exact) mass is 386 g/mol. The number of imidazole rings is 1. The van der Waals surface area contributed by atoms with Crippen LogP contribution in [0, 0.1) is 11.8 Å². The van der Waals surface area contributed by atoms with E-state index in [9.17, 15) is 13.6 Å². The van der Waals surface area contributed by atoms with Crippen molar-refractivity contribution in [2.45, 2.75) is 0 Å². The van der Waals surface area contributed by atoms with E-state index >= 15 is 0 Å². The summed E-state index contributed by atoms with van der Waals surface area (Å²) in [5.41, 5.74) is -0.185. The molecule has 9 heteroatoms. The molecule has 0 aliphatic rings. The van der Waals surface area contributed by atoms with Crippen molar-refractivity contribution in [3.05, 3.63) is 58.9 Å². The van der Waals surface area contributed by atoms with Crippen LogP contribution in [0.25, 0.3) is 44.5 Å². The van der Waals surface area contributed by atoms with Gasteiger partial charge in [-0.05, 0) is 17.7 Å². The number of benzene rings is 1. The summed E-state index contributed by atoms with van der Waals surface area (Å²) in [6.45, 7) is -5.54. The summed E-state index contributed by atoms with van der Waals surface area (Å²) in [6, 6.07) is 5.16. The molecular weight excluding hydrogens is 366 g/mol. The number of aromatic nitrogens is 6. The second kappa shape index (κ2) is 5.62. The molecule has 0 bridgehead atoms. The summed E-state index contributed by atoms with van der Waals surface area (Å²) in [6.07, 6.45) is 2.17. The molecule has 4 aromatic heterocycles. The van der Waals surface area contributed by atoms with Gasteiger partial charge in [-0.2, -0.15) is 4.39 Å². The summed E-state index contributed by atoms with van der Waals surface area (Å²) < 4.78 is 75.0. The van der Waals surface area contributed by atoms with E-state index in [2.05, 4.69) is 20.1 Å². The third-order valence-corrected chi connectivity index (χ3v) is 4.55. The van der Waals surface area contributed by atoms with Crippen LogP contribution in [0.4, 0.5) is 8.78 Å². The van der Waals surface area contributed by atoms with Crippen molar-refractivity contribution >= 4 is 22.1 Å². The maximum Gasteiger partial charge on any atom is 0.326 e. The molecule has 0 aliphatic heterocycles. The number of hydrogen-bond donors (Lipinski definition) is 2. The lowest BCUT2D eigenvalue weighted by atomic mass is 9.99. The standard InChI is InChI=1S/C19H14F2N6O/c1-26-8-11(17(21)25-26)15-13(9-3-5-10(20)6-4-9)14-16-12(7-22-18(14)23-15)27(2)19(28)24-16/h3-8H,1-2H3,(H,22,23)(H,24,28)/i1D3,2D3. The van der Waals surface area contributed by atoms with Crippen molar-refractivity contribution in [3.63, 3.8) is 0 Å². The van der Waals surface area contributed by atoms with Gasteiger partial charge < -0.3 is 9.97 Å². The first-order valence-corrected chi connectivity index (χ1v) is 8.04. The third-order valence-electron chi connectivity index (χ3n) is 4.55. The van der Waals surface area contributed by atoms with Gasteiger partial charge in [-0.15, -0.1) is 5.10 Å². The molecule has 28 heavy (non-hydrogen) atoms. The van der Waals surface area contributed by atoms with Crippen LogP contribution in [0.5, 0.6) is 0 Å². The zero-order valence-electron chi connectivity index (χ0n) is 19.9. The van der Waals surface area contributed by atoms with Gasteiger partial charge in [-0.3, -0.25) is 9.25 Å². The molecule has 0 amide bonds. The van der Waals surface area contributed by atoms with E-state index in [0.717, 1.165) is 6.20 Å². The molecule has 7 nitrogen and oxygen atoms in total. The number of halogens is 2. The largest absolute Gasteiger partial charge is 0.338 e. The normalized spacial score (nSPS) is 15.8. The predicted molar refractivity (Wildman–Crippen MR) is 101 cm³/mol. The fourth-order valence-corrected chi connectivity index (χ4v) is 3.34. The van der Waals surface area contributed by atoms with Crippen LogP contribution in [0.15, 0.2) is 41.5 Å². The molecule has 1 aromatic carbocycles. The number of fused-ring (bicyclic) bond motifs is 3. The lowest BCUT2D eigenvalue weighted by Gasteiger charge is -2.05. The van der Waals surface area contributed by atoms with E-state index in [0.29, 0.717) is 14.8 Å². The van der Waals surface area contributed by atoms with Crippen molar-refractivity contribution in [1.82, 2.24) is 29.3 Å². The molecule has 0 spiro atoms. The Labute approximate surface area is 164 Å². The number of aromatic amines is 2. The smallest absolute Gasteiger partial charge is 0.326 e. The molecule has 140 valence electrons. The Hall–Kier alpha value is -3.75. The lowest BCUT2D eigenvalue weighted by molar-refractivity contribution is 0.555. The van der Waals surface area contributed by atoms with E-state index in [4.69, 9.17) is 8.22 Å². The Kier molecular flexibility index (Phi) is 2.24. The molecule has 0 atom stereocenters. The van der Waals surface area contributed by atoms with Crippen LogP contribution in [0.1, 0.15) is 8.22 Å². The van der Waals surface area contributed by atoms with Gasteiger partial charge in [0.25, 0.3) is 0 Å². The highest BCUT2D eigenvalue weighted by Crippen LogP contribution is 2.40. The fourth-order valence-electron chi connectivity index (χ4n) is 3.34. The number of nitrogens with one attached hydrogen (secondary N) is 2. The molecule has 5 aromatic rings. The Morgan fingerprint density at radius 2 is 1.96 bits per heavy atom. The second-order valence-corrected chi connectivity index (χ2v) is 6.17. The van der Waals surface area contributed by atoms with Gasteiger partial charge in [0.2, 0.25) is 5.95 Å². The molecule has 0 fully saturated rings. The number of aryl methyl sites for hydroxylation is 2. The zero-order chi connectivity index (χ0) is 24.6. The van der Waals surface area contributed by atoms with Crippen molar-refractivity contribution in [3.8, 4) is 22.4 Å². The highest BCUT2D eigenvalue weighted by atomic mass is 19.1. The summed E-state index contributed by atoms with van der Waals surface area (Å²) in [5.74, 6) is -1.62. The molecule has 0 saturated heterocycles. The van der Waals surface area contributed by atoms with Crippen LogP contribution in [0.2, 0.25) is 0 Å². The van der Waals surface area contributed by atoms with E-state index in [1.54, 1.807) is 0 Å². The van der Waals surface area contributed by atoms with Crippen molar-refractivity contribution in [1.29, 1.82) is 0 Å². The number of H-pyrrole nitrogens is 2. The van der Waals surface area contributed by atoms with E-state index in [-0.39, 0.29) is 38.9 Å². The van der Waals surface area contributed by atoms with Gasteiger partial charge in [-0.25, -0.2) is 14.2 Å². The van der Waals surface area contributed by atoms with Crippen LogP contribution >= 0.6 is 0 Å². The first kappa shape index (κ1) is 11.2. The minimum Gasteiger partial charge on any atom is -0.338 e. The topological polar surface area (TPSA) is 84.3 Å². The molecular formula is C19H14F2N6O. The fraction of sp³-hybridized carbons (Fsp3) is 0.105. The maximum atomic E-state index is 14.8. The van der Waals surface area contributed by atoms with Gasteiger partial charge in [-0.1, -0.05) is 12.1 Å². The lowest BCUT2D eigenvalue weighted by Crippen LogP contribution is -2.11. The highest BCUT2D eigenvalue weighted by molar-refractivity contribution is 6.13. The number of pyridine rings is 1. The summed E-state index contributed by atoms with van der Waals surface area (Å²) in [7, 11) is 0. The number of nitrogens with zero attached hydrogens (tertiary/aromatic N) is 4. The molecule has 4 heterocycles. The summed E-state index contributed by atoms with van der Waals surface area (Å²) >= 11 is 0. The Balaban J connectivity index is 1.92. The SMILES string of the molecule is [2H]C([2H])([2H])n1cc(-c2[nH]c3ncc4c([nH]c(=O)n4C([2H])([2H])[2H])c3c2-c2ccc(F)cc2)c(F)n1. The maximum absolute atomic E-state index is 14.8. The molecule has 5 rings (SSSR count). The molecule has 0 unspecified atom stereocenters. The summed E-state index contributed by atoms with van der Waals surface area (Å²) in [5, 5.41) is 3.68. The van der Waals surface area contributed by atoms with Gasteiger partial charge in [0.15, 0.2) is 0 Å². The minimum atomic E-state index is -2.80. The average molecular weight is 386 g/mol. The van der Waals surface area contributed by atoms with E-state index < -0.39 is 31.4 Å². The van der Waals surface area contributed by atoms with Crippen LogP contribution in [-0.2, 0) is 14.0 Å². The first-order chi connectivity index (χ1) is 15.9. The predicted octanol–water partition coefficient (Wildman–Crippen LogP) is 3.09. The van der Waals surface area contributed by atoms with Crippen LogP contribution < -0.4 is 5.69 Å². The molecule has 0 saturated carbocycles. The van der Waals surface area contributed by atoms with E-state index in [1.807, 2.05) is 0 Å². The van der Waals surface area contributed by atoms with Gasteiger partial charge in [0.05, 0.1) is 33.9 Å². The van der Waals surface area contributed by atoms with Crippen molar-refractivity contribution < 1.29 is 17.0 Å². The zero-order valence-corrected chi connectivity index (χ0v) is 13.9. The van der Waals surface area contributed by atoms with Crippen molar-refractivity contribution in [2.75, 3.05) is 0 Å². The van der Waals surface area contributed by atoms with Gasteiger partial charge in [0, 0.05) is 33.9 Å². The van der Waals surface area contributed by atoms with Gasteiger partial charge >= 0.3 is 5.69 Å². The molecule has 2 N–H and O–H groups in total. The first-order valence-electron chi connectivity index (χ1n) is 11.0. The Bertz CT molecular complexity index is 1620. The second-order valence-electron chi connectivity index (χ2n) is 6.17. The third kappa shape index (κ3) is 2.22. The molecule has 0 radical (unpaired) electrons. The summed E-state index contributed by atoms with van der Waals surface area (Å²) in [4.78, 5) is 22.1. The van der Waals surface area contributed by atoms with E-state index in [1.165, 1.54) is 30.5 Å². The van der Waals surface area contributed by atoms with Gasteiger partial charge in [0.1, 0.15) is 11.5 Å². The van der Waals surface area contributed by atoms with Crippen molar-refractivity contribution in [2.24, 2.45) is 14.0 Å². The van der Waals surface area contributed by atoms with Crippen LogP contribution in [-0.4, -0.2) is 29.3 Å². The van der Waals surface area contributed by atoms with Crippen LogP contribution in [0.3, 0.4) is 0 Å².